The Labute approximate surface area is 118 Å². The SMILES string of the molecule is C[C@H]1CN(C)CCN1C[C@@H](O)c1cccc(Br)c1. The summed E-state index contributed by atoms with van der Waals surface area (Å²) in [5.74, 6) is 0. The lowest BCUT2D eigenvalue weighted by molar-refractivity contribution is 0.0474. The molecule has 0 amide bonds. The topological polar surface area (TPSA) is 26.7 Å². The summed E-state index contributed by atoms with van der Waals surface area (Å²) in [6.07, 6.45) is -0.409. The lowest BCUT2D eigenvalue weighted by Crippen LogP contribution is -2.51. The fourth-order valence-electron chi connectivity index (χ4n) is 2.49. The molecule has 0 aromatic heterocycles. The van der Waals surface area contributed by atoms with Gasteiger partial charge in [-0.1, -0.05) is 28.1 Å². The number of hydrogen-bond acceptors (Lipinski definition) is 3. The maximum Gasteiger partial charge on any atom is 0.0917 e. The number of aliphatic hydroxyl groups excluding tert-OH is 1. The molecule has 0 saturated carbocycles. The van der Waals surface area contributed by atoms with Crippen molar-refractivity contribution < 1.29 is 5.11 Å². The normalized spacial score (nSPS) is 24.1. The monoisotopic (exact) mass is 312 g/mol. The third-order valence-electron chi connectivity index (χ3n) is 3.61. The van der Waals surface area contributed by atoms with Crippen molar-refractivity contribution in [1.82, 2.24) is 9.80 Å². The molecular weight excluding hydrogens is 292 g/mol. The van der Waals surface area contributed by atoms with E-state index in [1.54, 1.807) is 0 Å². The Morgan fingerprint density at radius 1 is 1.44 bits per heavy atom. The molecular formula is C14H21BrN2O. The number of hydrogen-bond donors (Lipinski definition) is 1. The van der Waals surface area contributed by atoms with Crippen LogP contribution in [0, 0.1) is 0 Å². The van der Waals surface area contributed by atoms with Crippen molar-refractivity contribution in [1.29, 1.82) is 0 Å². The number of likely N-dealkylation sites (N-methyl/N-ethyl adjacent to an activating group) is 1. The summed E-state index contributed by atoms with van der Waals surface area (Å²) in [5.41, 5.74) is 0.982. The molecule has 0 unspecified atom stereocenters. The first-order chi connectivity index (χ1) is 8.56. The highest BCUT2D eigenvalue weighted by Gasteiger charge is 2.23. The average Bonchev–Trinajstić information content (AvgIpc) is 2.32. The van der Waals surface area contributed by atoms with E-state index < -0.39 is 6.10 Å². The predicted molar refractivity (Wildman–Crippen MR) is 77.6 cm³/mol. The Kier molecular flexibility index (Phi) is 4.78. The summed E-state index contributed by atoms with van der Waals surface area (Å²) in [6, 6.07) is 8.43. The van der Waals surface area contributed by atoms with Crippen LogP contribution >= 0.6 is 15.9 Å². The maximum absolute atomic E-state index is 10.3. The molecule has 1 fully saturated rings. The van der Waals surface area contributed by atoms with Gasteiger partial charge in [0.25, 0.3) is 0 Å². The van der Waals surface area contributed by atoms with Gasteiger partial charge in [0.15, 0.2) is 0 Å². The number of β-amino-alcohol motifs (C(OH)–C–C–N with tert-alkyl or cyclic N) is 1. The van der Waals surface area contributed by atoms with Crippen molar-refractivity contribution in [3.63, 3.8) is 0 Å². The Hall–Kier alpha value is -0.420. The van der Waals surface area contributed by atoms with Crippen molar-refractivity contribution in [2.75, 3.05) is 33.2 Å². The third-order valence-corrected chi connectivity index (χ3v) is 4.10. The number of nitrogens with zero attached hydrogens (tertiary/aromatic N) is 2. The van der Waals surface area contributed by atoms with Gasteiger partial charge in [0.2, 0.25) is 0 Å². The van der Waals surface area contributed by atoms with Gasteiger partial charge in [0, 0.05) is 36.7 Å². The summed E-state index contributed by atoms with van der Waals surface area (Å²) in [6.45, 7) is 6.12. The van der Waals surface area contributed by atoms with Gasteiger partial charge in [-0.3, -0.25) is 4.90 Å². The van der Waals surface area contributed by atoms with Gasteiger partial charge in [0.05, 0.1) is 6.10 Å². The summed E-state index contributed by atoms with van der Waals surface area (Å²) < 4.78 is 1.02. The lowest BCUT2D eigenvalue weighted by Gasteiger charge is -2.39. The molecule has 1 aliphatic rings. The number of aliphatic hydroxyl groups is 1. The molecule has 3 nitrogen and oxygen atoms in total. The number of piperazine rings is 1. The van der Waals surface area contributed by atoms with E-state index in [-0.39, 0.29) is 0 Å². The number of halogens is 1. The van der Waals surface area contributed by atoms with Crippen LogP contribution in [0.2, 0.25) is 0 Å². The van der Waals surface area contributed by atoms with Crippen molar-refractivity contribution >= 4 is 15.9 Å². The van der Waals surface area contributed by atoms with Gasteiger partial charge >= 0.3 is 0 Å². The van der Waals surface area contributed by atoms with Crippen LogP contribution in [0.1, 0.15) is 18.6 Å². The van der Waals surface area contributed by atoms with Crippen LogP contribution in [0.3, 0.4) is 0 Å². The van der Waals surface area contributed by atoms with E-state index in [1.807, 2.05) is 24.3 Å². The molecule has 0 bridgehead atoms. The second kappa shape index (κ2) is 6.15. The first-order valence-electron chi connectivity index (χ1n) is 6.42. The lowest BCUT2D eigenvalue weighted by atomic mass is 10.1. The second-order valence-electron chi connectivity index (χ2n) is 5.18. The number of rotatable bonds is 3. The summed E-state index contributed by atoms with van der Waals surface area (Å²) in [5, 5.41) is 10.3. The van der Waals surface area contributed by atoms with Crippen LogP contribution in [-0.4, -0.2) is 54.2 Å². The Morgan fingerprint density at radius 2 is 2.22 bits per heavy atom. The highest BCUT2D eigenvalue weighted by Crippen LogP contribution is 2.20. The molecule has 0 aliphatic carbocycles. The van der Waals surface area contributed by atoms with Crippen LogP contribution < -0.4 is 0 Å². The molecule has 2 atom stereocenters. The van der Waals surface area contributed by atoms with Crippen molar-refractivity contribution in [2.45, 2.75) is 19.1 Å². The van der Waals surface area contributed by atoms with Gasteiger partial charge in [-0.2, -0.15) is 0 Å². The van der Waals surface area contributed by atoms with Crippen LogP contribution in [0.5, 0.6) is 0 Å². The van der Waals surface area contributed by atoms with E-state index in [0.717, 1.165) is 29.7 Å². The minimum Gasteiger partial charge on any atom is -0.387 e. The molecule has 0 radical (unpaired) electrons. The summed E-state index contributed by atoms with van der Waals surface area (Å²) in [4.78, 5) is 4.71. The smallest absolute Gasteiger partial charge is 0.0917 e. The molecule has 1 saturated heterocycles. The molecule has 2 rings (SSSR count). The molecule has 1 heterocycles. The third kappa shape index (κ3) is 3.54. The maximum atomic E-state index is 10.3. The van der Waals surface area contributed by atoms with Crippen LogP contribution in [0.4, 0.5) is 0 Å². The predicted octanol–water partition coefficient (Wildman–Crippen LogP) is 2.12. The van der Waals surface area contributed by atoms with Gasteiger partial charge in [-0.15, -0.1) is 0 Å². The van der Waals surface area contributed by atoms with Crippen molar-refractivity contribution in [3.8, 4) is 0 Å². The molecule has 100 valence electrons. The Bertz CT molecular complexity index is 399. The van der Waals surface area contributed by atoms with E-state index in [2.05, 4.69) is 39.7 Å². The Morgan fingerprint density at radius 3 is 2.89 bits per heavy atom. The van der Waals surface area contributed by atoms with Crippen LogP contribution in [0.15, 0.2) is 28.7 Å². The van der Waals surface area contributed by atoms with Gasteiger partial charge in [0.1, 0.15) is 0 Å². The average molecular weight is 313 g/mol. The highest BCUT2D eigenvalue weighted by atomic mass is 79.9. The van der Waals surface area contributed by atoms with Gasteiger partial charge in [-0.05, 0) is 31.7 Å². The highest BCUT2D eigenvalue weighted by molar-refractivity contribution is 9.10. The zero-order valence-electron chi connectivity index (χ0n) is 11.0. The first kappa shape index (κ1) is 14.0. The standard InChI is InChI=1S/C14H21BrN2O/c1-11-9-16(2)6-7-17(11)10-14(18)12-4-3-5-13(15)8-12/h3-5,8,11,14,18H,6-7,9-10H2,1-2H3/t11-,14+/m0/s1. The first-order valence-corrected chi connectivity index (χ1v) is 7.21. The van der Waals surface area contributed by atoms with E-state index in [0.29, 0.717) is 12.6 Å². The quantitative estimate of drug-likeness (QED) is 0.926. The van der Waals surface area contributed by atoms with E-state index in [4.69, 9.17) is 0 Å². The zero-order chi connectivity index (χ0) is 13.1. The largest absolute Gasteiger partial charge is 0.387 e. The zero-order valence-corrected chi connectivity index (χ0v) is 12.6. The molecule has 1 aliphatic heterocycles. The summed E-state index contributed by atoms with van der Waals surface area (Å²) in [7, 11) is 2.15. The van der Waals surface area contributed by atoms with Gasteiger partial charge < -0.3 is 10.0 Å². The molecule has 1 aromatic carbocycles. The van der Waals surface area contributed by atoms with Crippen molar-refractivity contribution in [2.24, 2.45) is 0 Å². The van der Waals surface area contributed by atoms with E-state index in [1.165, 1.54) is 0 Å². The minimum atomic E-state index is -0.409. The fraction of sp³-hybridized carbons (Fsp3) is 0.571. The molecule has 18 heavy (non-hydrogen) atoms. The van der Waals surface area contributed by atoms with Crippen molar-refractivity contribution in [3.05, 3.63) is 34.3 Å². The van der Waals surface area contributed by atoms with E-state index in [9.17, 15) is 5.11 Å². The van der Waals surface area contributed by atoms with E-state index >= 15 is 0 Å². The van der Waals surface area contributed by atoms with Gasteiger partial charge in [-0.25, -0.2) is 0 Å². The second-order valence-corrected chi connectivity index (χ2v) is 6.09. The van der Waals surface area contributed by atoms with Crippen LogP contribution in [0.25, 0.3) is 0 Å². The molecule has 1 aromatic rings. The Balaban J connectivity index is 1.97. The van der Waals surface area contributed by atoms with Crippen LogP contribution in [-0.2, 0) is 0 Å². The summed E-state index contributed by atoms with van der Waals surface area (Å²) >= 11 is 3.44. The molecule has 1 N–H and O–H groups in total. The number of benzene rings is 1. The molecule has 4 heteroatoms. The fourth-order valence-corrected chi connectivity index (χ4v) is 2.91. The molecule has 0 spiro atoms. The minimum absolute atomic E-state index is 0.409.